The average molecular weight is 379 g/mol. The number of carbonyl (C=O) groups excluding carboxylic acids is 1. The zero-order chi connectivity index (χ0) is 17.1. The van der Waals surface area contributed by atoms with Crippen LogP contribution >= 0.6 is 34.7 Å². The highest BCUT2D eigenvalue weighted by atomic mass is 35.5. The quantitative estimate of drug-likeness (QED) is 0.267. The number of esters is 1. The zero-order valence-electron chi connectivity index (χ0n) is 13.2. The lowest BCUT2D eigenvalue weighted by molar-refractivity contribution is 0.0531. The van der Waals surface area contributed by atoms with Gasteiger partial charge in [-0.05, 0) is 25.0 Å². The van der Waals surface area contributed by atoms with Crippen molar-refractivity contribution in [1.29, 1.82) is 0 Å². The number of thioether (sulfide) groups is 1. The molecular weight excluding hydrogens is 364 g/mol. The summed E-state index contributed by atoms with van der Waals surface area (Å²) in [5, 5.41) is 1.71. The third kappa shape index (κ3) is 3.55. The molecule has 2 heterocycles. The molecule has 0 aliphatic heterocycles. The number of hydrogen-bond acceptors (Lipinski definition) is 6. The molecule has 1 aromatic carbocycles. The molecule has 24 heavy (non-hydrogen) atoms. The molecule has 0 saturated heterocycles. The Balaban J connectivity index is 1.90. The van der Waals surface area contributed by atoms with Gasteiger partial charge in [0.2, 0.25) is 0 Å². The minimum Gasteiger partial charge on any atom is -0.462 e. The third-order valence-corrected chi connectivity index (χ3v) is 5.75. The van der Waals surface area contributed by atoms with E-state index in [1.165, 1.54) is 28.7 Å². The fourth-order valence-electron chi connectivity index (χ4n) is 2.25. The van der Waals surface area contributed by atoms with E-state index < -0.39 is 0 Å². The predicted octanol–water partition coefficient (Wildman–Crippen LogP) is 5.12. The highest BCUT2D eigenvalue weighted by Gasteiger charge is 2.20. The molecule has 0 aliphatic carbocycles. The molecular formula is C17H15ClN2O2S2. The second-order valence-electron chi connectivity index (χ2n) is 5.03. The van der Waals surface area contributed by atoms with Crippen molar-refractivity contribution in [3.63, 3.8) is 0 Å². The van der Waals surface area contributed by atoms with Gasteiger partial charge in [-0.1, -0.05) is 53.7 Å². The molecule has 0 unspecified atom stereocenters. The van der Waals surface area contributed by atoms with Crippen LogP contribution in [0, 0.1) is 6.92 Å². The van der Waals surface area contributed by atoms with Gasteiger partial charge in [-0.2, -0.15) is 0 Å². The molecule has 0 N–H and O–H groups in total. The molecule has 124 valence electrons. The molecule has 0 saturated carbocycles. The minimum atomic E-state index is -0.340. The number of benzene rings is 1. The van der Waals surface area contributed by atoms with E-state index in [-0.39, 0.29) is 5.97 Å². The summed E-state index contributed by atoms with van der Waals surface area (Å²) in [7, 11) is 0. The lowest BCUT2D eigenvalue weighted by Crippen LogP contribution is -2.03. The molecule has 0 amide bonds. The molecule has 3 aromatic rings. The molecule has 7 heteroatoms. The van der Waals surface area contributed by atoms with Gasteiger partial charge in [0.25, 0.3) is 0 Å². The van der Waals surface area contributed by atoms with Gasteiger partial charge in [0, 0.05) is 5.75 Å². The summed E-state index contributed by atoms with van der Waals surface area (Å²) in [6.07, 6.45) is 0. The zero-order valence-corrected chi connectivity index (χ0v) is 15.6. The maximum Gasteiger partial charge on any atom is 0.348 e. The van der Waals surface area contributed by atoms with Crippen LogP contribution in [-0.4, -0.2) is 22.5 Å². The largest absolute Gasteiger partial charge is 0.462 e. The molecule has 0 bridgehead atoms. The van der Waals surface area contributed by atoms with Crippen LogP contribution in [0.3, 0.4) is 0 Å². The SMILES string of the molecule is CCOC(=O)c1sc2nc(SCc3ccccc3)nc(Cl)c2c1C. The van der Waals surface area contributed by atoms with Gasteiger partial charge < -0.3 is 4.74 Å². The van der Waals surface area contributed by atoms with E-state index in [1.807, 2.05) is 25.1 Å². The summed E-state index contributed by atoms with van der Waals surface area (Å²) in [6, 6.07) is 10.1. The Morgan fingerprint density at radius 2 is 2.04 bits per heavy atom. The Hall–Kier alpha value is -1.63. The van der Waals surface area contributed by atoms with Gasteiger partial charge in [-0.3, -0.25) is 0 Å². The van der Waals surface area contributed by atoms with Gasteiger partial charge in [-0.15, -0.1) is 11.3 Å². The standard InChI is InChI=1S/C17H15ClN2O2S2/c1-3-22-16(21)13-10(2)12-14(18)19-17(20-15(12)24-13)23-9-11-7-5-4-6-8-11/h4-8H,3,9H2,1-2H3. The smallest absolute Gasteiger partial charge is 0.348 e. The molecule has 3 rings (SSSR count). The monoisotopic (exact) mass is 378 g/mol. The Kier molecular flexibility index (Phi) is 5.38. The van der Waals surface area contributed by atoms with Crippen LogP contribution in [0.1, 0.15) is 27.7 Å². The number of halogens is 1. The number of fused-ring (bicyclic) bond motifs is 1. The molecule has 0 atom stereocenters. The van der Waals surface area contributed by atoms with Crippen LogP contribution in [0.25, 0.3) is 10.2 Å². The Morgan fingerprint density at radius 1 is 1.29 bits per heavy atom. The number of aryl methyl sites for hydroxylation is 1. The number of carbonyl (C=O) groups is 1. The summed E-state index contributed by atoms with van der Waals surface area (Å²) < 4.78 is 5.09. The normalized spacial score (nSPS) is 11.0. The van der Waals surface area contributed by atoms with E-state index in [0.717, 1.165) is 16.7 Å². The lowest BCUT2D eigenvalue weighted by atomic mass is 10.2. The van der Waals surface area contributed by atoms with Crippen molar-refractivity contribution in [3.8, 4) is 0 Å². The Labute approximate surface area is 153 Å². The molecule has 0 aliphatic rings. The van der Waals surface area contributed by atoms with E-state index in [0.29, 0.717) is 26.6 Å². The highest BCUT2D eigenvalue weighted by molar-refractivity contribution is 7.98. The van der Waals surface area contributed by atoms with Crippen LogP contribution in [0.4, 0.5) is 0 Å². The minimum absolute atomic E-state index is 0.337. The van der Waals surface area contributed by atoms with Gasteiger partial charge >= 0.3 is 5.97 Å². The summed E-state index contributed by atoms with van der Waals surface area (Å²) in [6.45, 7) is 3.97. The molecule has 4 nitrogen and oxygen atoms in total. The number of rotatable bonds is 5. The highest BCUT2D eigenvalue weighted by Crippen LogP contribution is 2.35. The van der Waals surface area contributed by atoms with Gasteiger partial charge in [-0.25, -0.2) is 14.8 Å². The Morgan fingerprint density at radius 3 is 2.75 bits per heavy atom. The second kappa shape index (κ2) is 7.51. The van der Waals surface area contributed by atoms with Crippen LogP contribution in [0.2, 0.25) is 5.15 Å². The van der Waals surface area contributed by atoms with Crippen molar-refractivity contribution in [2.24, 2.45) is 0 Å². The van der Waals surface area contributed by atoms with E-state index in [1.54, 1.807) is 6.92 Å². The van der Waals surface area contributed by atoms with Crippen molar-refractivity contribution >= 4 is 50.9 Å². The molecule has 0 fully saturated rings. The molecule has 0 spiro atoms. The van der Waals surface area contributed by atoms with Crippen LogP contribution in [-0.2, 0) is 10.5 Å². The first-order valence-corrected chi connectivity index (χ1v) is 9.58. The van der Waals surface area contributed by atoms with E-state index in [2.05, 4.69) is 22.1 Å². The molecule has 2 aromatic heterocycles. The predicted molar refractivity (Wildman–Crippen MR) is 99.1 cm³/mol. The summed E-state index contributed by atoms with van der Waals surface area (Å²) in [5.41, 5.74) is 1.97. The lowest BCUT2D eigenvalue weighted by Gasteiger charge is -2.02. The van der Waals surface area contributed by atoms with Gasteiger partial charge in [0.05, 0.1) is 12.0 Å². The maximum absolute atomic E-state index is 12.0. The summed E-state index contributed by atoms with van der Waals surface area (Å²) in [5.74, 6) is 0.421. The molecule has 0 radical (unpaired) electrons. The van der Waals surface area contributed by atoms with Crippen molar-refractivity contribution < 1.29 is 9.53 Å². The fourth-order valence-corrected chi connectivity index (χ4v) is 4.60. The average Bonchev–Trinajstić information content (AvgIpc) is 2.91. The van der Waals surface area contributed by atoms with Crippen molar-refractivity contribution in [1.82, 2.24) is 9.97 Å². The van der Waals surface area contributed by atoms with Crippen LogP contribution in [0.5, 0.6) is 0 Å². The van der Waals surface area contributed by atoms with Gasteiger partial charge in [0.1, 0.15) is 14.9 Å². The Bertz CT molecular complexity index is 881. The van der Waals surface area contributed by atoms with E-state index in [4.69, 9.17) is 16.3 Å². The van der Waals surface area contributed by atoms with Gasteiger partial charge in [0.15, 0.2) is 5.16 Å². The number of nitrogens with zero attached hydrogens (tertiary/aromatic N) is 2. The van der Waals surface area contributed by atoms with E-state index >= 15 is 0 Å². The first-order chi connectivity index (χ1) is 11.6. The van der Waals surface area contributed by atoms with Crippen molar-refractivity contribution in [3.05, 3.63) is 51.5 Å². The maximum atomic E-state index is 12.0. The topological polar surface area (TPSA) is 52.1 Å². The van der Waals surface area contributed by atoms with Crippen molar-refractivity contribution in [2.45, 2.75) is 24.8 Å². The van der Waals surface area contributed by atoms with Crippen LogP contribution in [0.15, 0.2) is 35.5 Å². The number of hydrogen-bond donors (Lipinski definition) is 0. The second-order valence-corrected chi connectivity index (χ2v) is 7.33. The third-order valence-electron chi connectivity index (χ3n) is 3.40. The number of aromatic nitrogens is 2. The number of ether oxygens (including phenoxy) is 1. The first-order valence-electron chi connectivity index (χ1n) is 7.40. The summed E-state index contributed by atoms with van der Waals surface area (Å²) in [4.78, 5) is 22.2. The fraction of sp³-hybridized carbons (Fsp3) is 0.235. The first kappa shape index (κ1) is 17.2. The van der Waals surface area contributed by atoms with Crippen molar-refractivity contribution in [2.75, 3.05) is 6.61 Å². The van der Waals surface area contributed by atoms with Crippen LogP contribution < -0.4 is 0 Å². The van der Waals surface area contributed by atoms with E-state index in [9.17, 15) is 4.79 Å². The number of thiophene rings is 1. The summed E-state index contributed by atoms with van der Waals surface area (Å²) >= 11 is 9.15.